The van der Waals surface area contributed by atoms with Gasteiger partial charge in [-0.05, 0) is 38.0 Å². The zero-order valence-corrected chi connectivity index (χ0v) is 8.31. The Morgan fingerprint density at radius 1 is 1.25 bits per heavy atom. The predicted octanol–water partition coefficient (Wildman–Crippen LogP) is 3.55. The van der Waals surface area contributed by atoms with E-state index in [2.05, 4.69) is 25.8 Å². The SMILES string of the molecule is CC(C)=C(C)c1cncc(Cl)c1. The molecule has 0 saturated heterocycles. The molecule has 1 aromatic heterocycles. The van der Waals surface area contributed by atoms with E-state index in [9.17, 15) is 0 Å². The monoisotopic (exact) mass is 181 g/mol. The smallest absolute Gasteiger partial charge is 0.0595 e. The van der Waals surface area contributed by atoms with Gasteiger partial charge in [0.15, 0.2) is 0 Å². The minimum Gasteiger partial charge on any atom is -0.263 e. The van der Waals surface area contributed by atoms with Gasteiger partial charge in [0.05, 0.1) is 5.02 Å². The molecule has 64 valence electrons. The van der Waals surface area contributed by atoms with Crippen molar-refractivity contribution in [3.63, 3.8) is 0 Å². The molecule has 1 rings (SSSR count). The summed E-state index contributed by atoms with van der Waals surface area (Å²) in [5, 5.41) is 0.688. The highest BCUT2D eigenvalue weighted by atomic mass is 35.5. The largest absolute Gasteiger partial charge is 0.263 e. The maximum Gasteiger partial charge on any atom is 0.0595 e. The van der Waals surface area contributed by atoms with Crippen molar-refractivity contribution in [1.29, 1.82) is 0 Å². The second-order valence-electron chi connectivity index (χ2n) is 3.02. The van der Waals surface area contributed by atoms with E-state index in [0.717, 1.165) is 5.56 Å². The van der Waals surface area contributed by atoms with Gasteiger partial charge in [-0.3, -0.25) is 4.98 Å². The van der Waals surface area contributed by atoms with E-state index in [1.165, 1.54) is 11.1 Å². The third-order valence-corrected chi connectivity index (χ3v) is 2.09. The van der Waals surface area contributed by atoms with Crippen LogP contribution < -0.4 is 0 Å². The Kier molecular flexibility index (Phi) is 2.88. The first-order chi connectivity index (χ1) is 5.61. The van der Waals surface area contributed by atoms with E-state index >= 15 is 0 Å². The minimum atomic E-state index is 0.688. The lowest BCUT2D eigenvalue weighted by molar-refractivity contribution is 1.28. The van der Waals surface area contributed by atoms with Gasteiger partial charge >= 0.3 is 0 Å². The van der Waals surface area contributed by atoms with E-state index in [4.69, 9.17) is 11.6 Å². The highest BCUT2D eigenvalue weighted by Gasteiger charge is 1.98. The van der Waals surface area contributed by atoms with Crippen LogP contribution in [-0.4, -0.2) is 4.98 Å². The van der Waals surface area contributed by atoms with Gasteiger partial charge in [-0.15, -0.1) is 0 Å². The highest BCUT2D eigenvalue weighted by Crippen LogP contribution is 2.19. The fourth-order valence-corrected chi connectivity index (χ4v) is 1.08. The van der Waals surface area contributed by atoms with Crippen LogP contribution >= 0.6 is 11.6 Å². The fraction of sp³-hybridized carbons (Fsp3) is 0.300. The van der Waals surface area contributed by atoms with Gasteiger partial charge in [0, 0.05) is 12.4 Å². The van der Waals surface area contributed by atoms with E-state index in [1.54, 1.807) is 6.20 Å². The Balaban J connectivity index is 3.13. The number of halogens is 1. The van der Waals surface area contributed by atoms with Crippen LogP contribution in [0.1, 0.15) is 26.3 Å². The zero-order chi connectivity index (χ0) is 9.14. The summed E-state index contributed by atoms with van der Waals surface area (Å²) >= 11 is 5.81. The first kappa shape index (κ1) is 9.27. The lowest BCUT2D eigenvalue weighted by atomic mass is 10.1. The average molecular weight is 182 g/mol. The first-order valence-corrected chi connectivity index (χ1v) is 4.24. The second kappa shape index (κ2) is 3.72. The van der Waals surface area contributed by atoms with Gasteiger partial charge in [-0.1, -0.05) is 17.2 Å². The van der Waals surface area contributed by atoms with Gasteiger partial charge in [-0.25, -0.2) is 0 Å². The number of allylic oxidation sites excluding steroid dienone is 2. The third-order valence-electron chi connectivity index (χ3n) is 1.89. The summed E-state index contributed by atoms with van der Waals surface area (Å²) in [6.45, 7) is 6.23. The van der Waals surface area contributed by atoms with Crippen LogP contribution in [0.15, 0.2) is 24.0 Å². The normalized spacial score (nSPS) is 9.67. The zero-order valence-electron chi connectivity index (χ0n) is 7.56. The van der Waals surface area contributed by atoms with Crippen molar-refractivity contribution in [2.75, 3.05) is 0 Å². The number of hydrogen-bond donors (Lipinski definition) is 0. The highest BCUT2D eigenvalue weighted by molar-refractivity contribution is 6.30. The molecule has 0 saturated carbocycles. The molecule has 1 aromatic rings. The topological polar surface area (TPSA) is 12.9 Å². The Morgan fingerprint density at radius 2 is 1.92 bits per heavy atom. The van der Waals surface area contributed by atoms with E-state index in [0.29, 0.717) is 5.02 Å². The number of hydrogen-bond acceptors (Lipinski definition) is 1. The van der Waals surface area contributed by atoms with Gasteiger partial charge in [0.25, 0.3) is 0 Å². The number of nitrogens with zero attached hydrogens (tertiary/aromatic N) is 1. The molecule has 1 heterocycles. The Labute approximate surface area is 78.1 Å². The molecule has 0 aliphatic carbocycles. The molecular formula is C10H12ClN. The molecule has 0 unspecified atom stereocenters. The van der Waals surface area contributed by atoms with Crippen LogP contribution in [0.25, 0.3) is 5.57 Å². The molecule has 0 N–H and O–H groups in total. The van der Waals surface area contributed by atoms with Crippen LogP contribution in [0, 0.1) is 0 Å². The molecule has 0 atom stereocenters. The quantitative estimate of drug-likeness (QED) is 0.646. The van der Waals surface area contributed by atoms with E-state index in [-0.39, 0.29) is 0 Å². The van der Waals surface area contributed by atoms with Crippen molar-refractivity contribution in [3.8, 4) is 0 Å². The van der Waals surface area contributed by atoms with Gasteiger partial charge in [0.2, 0.25) is 0 Å². The van der Waals surface area contributed by atoms with Gasteiger partial charge < -0.3 is 0 Å². The molecule has 0 aromatic carbocycles. The predicted molar refractivity (Wildman–Crippen MR) is 53.2 cm³/mol. The molecule has 0 aliphatic heterocycles. The minimum absolute atomic E-state index is 0.688. The fourth-order valence-electron chi connectivity index (χ4n) is 0.906. The van der Waals surface area contributed by atoms with Crippen LogP contribution in [0.5, 0.6) is 0 Å². The first-order valence-electron chi connectivity index (χ1n) is 3.86. The lowest BCUT2D eigenvalue weighted by Gasteiger charge is -2.03. The molecule has 0 bridgehead atoms. The van der Waals surface area contributed by atoms with E-state index < -0.39 is 0 Å². The molecular weight excluding hydrogens is 170 g/mol. The van der Waals surface area contributed by atoms with Crippen LogP contribution in [0.3, 0.4) is 0 Å². The number of aromatic nitrogens is 1. The van der Waals surface area contributed by atoms with Crippen LogP contribution in [-0.2, 0) is 0 Å². The molecule has 0 aliphatic rings. The van der Waals surface area contributed by atoms with Crippen molar-refractivity contribution < 1.29 is 0 Å². The molecule has 2 heteroatoms. The Morgan fingerprint density at radius 3 is 2.42 bits per heavy atom. The van der Waals surface area contributed by atoms with Crippen molar-refractivity contribution in [2.45, 2.75) is 20.8 Å². The summed E-state index contributed by atoms with van der Waals surface area (Å²) in [5.41, 5.74) is 3.63. The number of rotatable bonds is 1. The van der Waals surface area contributed by atoms with Crippen molar-refractivity contribution in [1.82, 2.24) is 4.98 Å². The summed E-state index contributed by atoms with van der Waals surface area (Å²) < 4.78 is 0. The van der Waals surface area contributed by atoms with Crippen molar-refractivity contribution in [3.05, 3.63) is 34.6 Å². The Bertz CT molecular complexity index is 311. The Hall–Kier alpha value is -0.820. The summed E-state index contributed by atoms with van der Waals surface area (Å²) in [4.78, 5) is 4.02. The molecule has 12 heavy (non-hydrogen) atoms. The molecule has 0 radical (unpaired) electrons. The van der Waals surface area contributed by atoms with Crippen molar-refractivity contribution in [2.24, 2.45) is 0 Å². The van der Waals surface area contributed by atoms with Gasteiger partial charge in [0.1, 0.15) is 0 Å². The maximum atomic E-state index is 5.81. The third kappa shape index (κ3) is 2.08. The molecule has 0 fully saturated rings. The second-order valence-corrected chi connectivity index (χ2v) is 3.45. The molecule has 1 nitrogen and oxygen atoms in total. The standard InChI is InChI=1S/C10H12ClN/c1-7(2)8(3)9-4-10(11)6-12-5-9/h4-6H,1-3H3. The lowest BCUT2D eigenvalue weighted by Crippen LogP contribution is -1.83. The molecule has 0 spiro atoms. The average Bonchev–Trinajstić information content (AvgIpc) is 2.03. The number of pyridine rings is 1. The summed E-state index contributed by atoms with van der Waals surface area (Å²) in [6.07, 6.45) is 3.47. The van der Waals surface area contributed by atoms with E-state index in [1.807, 2.05) is 12.3 Å². The van der Waals surface area contributed by atoms with Crippen LogP contribution in [0.2, 0.25) is 5.02 Å². The maximum absolute atomic E-state index is 5.81. The summed E-state index contributed by atoms with van der Waals surface area (Å²) in [7, 11) is 0. The summed E-state index contributed by atoms with van der Waals surface area (Å²) in [5.74, 6) is 0. The van der Waals surface area contributed by atoms with Crippen molar-refractivity contribution >= 4 is 17.2 Å². The summed E-state index contributed by atoms with van der Waals surface area (Å²) in [6, 6.07) is 1.93. The van der Waals surface area contributed by atoms with Gasteiger partial charge in [-0.2, -0.15) is 0 Å². The van der Waals surface area contributed by atoms with Crippen LogP contribution in [0.4, 0.5) is 0 Å². The molecule has 0 amide bonds.